The van der Waals surface area contributed by atoms with Crippen LogP contribution in [0.4, 0.5) is 0 Å². The summed E-state index contributed by atoms with van der Waals surface area (Å²) in [5.41, 5.74) is 0. The van der Waals surface area contributed by atoms with Gasteiger partial charge < -0.3 is 0 Å². The number of Topliss-reactive ketones (excluding diaryl/α,β-unsaturated/α-hetero) is 1. The van der Waals surface area contributed by atoms with Crippen LogP contribution in [0.3, 0.4) is 0 Å². The van der Waals surface area contributed by atoms with Gasteiger partial charge >= 0.3 is 0 Å². The molecule has 0 aromatic rings. The summed E-state index contributed by atoms with van der Waals surface area (Å²) in [6.45, 7) is 5.12. The van der Waals surface area contributed by atoms with Crippen LogP contribution in [0.1, 0.15) is 33.6 Å². The number of ketones is 1. The van der Waals surface area contributed by atoms with Gasteiger partial charge in [0.25, 0.3) is 0 Å². The zero-order valence-corrected chi connectivity index (χ0v) is 8.65. The van der Waals surface area contributed by atoms with Crippen LogP contribution >= 0.6 is 0 Å². The first-order valence-electron chi connectivity index (χ1n) is 4.17. The molecular formula is C8H16O3S. The molecule has 0 bridgehead atoms. The molecule has 4 heteroatoms. The van der Waals surface area contributed by atoms with Crippen LogP contribution < -0.4 is 0 Å². The summed E-state index contributed by atoms with van der Waals surface area (Å²) in [4.78, 5) is 10.9. The second kappa shape index (κ2) is 4.60. The predicted molar refractivity (Wildman–Crippen MR) is 48.8 cm³/mol. The van der Waals surface area contributed by atoms with E-state index < -0.39 is 15.1 Å². The highest BCUT2D eigenvalue weighted by molar-refractivity contribution is 7.92. The number of carbonyl (C=O) groups excluding carboxylic acids is 1. The lowest BCUT2D eigenvalue weighted by atomic mass is 10.3. The van der Waals surface area contributed by atoms with Crippen molar-refractivity contribution in [2.75, 3.05) is 5.75 Å². The third-order valence-corrected chi connectivity index (χ3v) is 4.23. The maximum atomic E-state index is 11.3. The van der Waals surface area contributed by atoms with E-state index in [1.54, 1.807) is 20.8 Å². The first-order valence-corrected chi connectivity index (χ1v) is 5.88. The minimum Gasteiger partial charge on any atom is -0.299 e. The molecule has 1 atom stereocenters. The highest BCUT2D eigenvalue weighted by Gasteiger charge is 2.21. The van der Waals surface area contributed by atoms with Gasteiger partial charge in [-0.3, -0.25) is 4.79 Å². The van der Waals surface area contributed by atoms with Crippen molar-refractivity contribution in [2.24, 2.45) is 0 Å². The molecule has 0 heterocycles. The second-order valence-corrected chi connectivity index (χ2v) is 5.34. The van der Waals surface area contributed by atoms with E-state index in [9.17, 15) is 13.2 Å². The van der Waals surface area contributed by atoms with E-state index in [-0.39, 0.29) is 11.5 Å². The van der Waals surface area contributed by atoms with Crippen LogP contribution in [0.15, 0.2) is 0 Å². The Morgan fingerprint density at radius 2 is 1.83 bits per heavy atom. The van der Waals surface area contributed by atoms with E-state index in [1.807, 2.05) is 0 Å². The maximum absolute atomic E-state index is 11.3. The van der Waals surface area contributed by atoms with Crippen LogP contribution in [0.5, 0.6) is 0 Å². The van der Waals surface area contributed by atoms with Crippen LogP contribution in [0.25, 0.3) is 0 Å². The second-order valence-electron chi connectivity index (χ2n) is 2.92. The zero-order valence-electron chi connectivity index (χ0n) is 7.83. The van der Waals surface area contributed by atoms with Crippen LogP contribution in [0.2, 0.25) is 0 Å². The van der Waals surface area contributed by atoms with Crippen LogP contribution in [-0.4, -0.2) is 25.2 Å². The summed E-state index contributed by atoms with van der Waals surface area (Å²) in [6, 6.07) is 0. The quantitative estimate of drug-likeness (QED) is 0.657. The van der Waals surface area contributed by atoms with Crippen molar-refractivity contribution < 1.29 is 13.2 Å². The van der Waals surface area contributed by atoms with E-state index in [1.165, 1.54) is 0 Å². The molecule has 0 spiro atoms. The summed E-state index contributed by atoms with van der Waals surface area (Å²) in [5, 5.41) is -0.395. The predicted octanol–water partition coefficient (Wildman–Crippen LogP) is 1.18. The zero-order chi connectivity index (χ0) is 9.78. The summed E-state index contributed by atoms with van der Waals surface area (Å²) in [5.74, 6) is -0.492. The van der Waals surface area contributed by atoms with Crippen molar-refractivity contribution in [1.29, 1.82) is 0 Å². The number of sulfone groups is 1. The van der Waals surface area contributed by atoms with Gasteiger partial charge in [0.05, 0.1) is 5.25 Å². The molecule has 1 unspecified atom stereocenters. The van der Waals surface area contributed by atoms with E-state index >= 15 is 0 Å². The molecule has 0 aliphatic heterocycles. The maximum Gasteiger partial charge on any atom is 0.159 e. The Hall–Kier alpha value is -0.380. The highest BCUT2D eigenvalue weighted by Crippen LogP contribution is 2.06. The largest absolute Gasteiger partial charge is 0.299 e. The first-order chi connectivity index (χ1) is 5.44. The van der Waals surface area contributed by atoms with Gasteiger partial charge in [-0.2, -0.15) is 0 Å². The lowest BCUT2D eigenvalue weighted by Crippen LogP contribution is -2.24. The molecule has 3 nitrogen and oxygen atoms in total. The molecule has 0 saturated carbocycles. The molecule has 0 aromatic heterocycles. The smallest absolute Gasteiger partial charge is 0.159 e. The number of rotatable bonds is 5. The van der Waals surface area contributed by atoms with Crippen molar-refractivity contribution >= 4 is 15.6 Å². The summed E-state index contributed by atoms with van der Waals surface area (Å²) in [7, 11) is -3.17. The SMILES string of the molecule is CCC(=O)CS(=O)(=O)C(C)CC. The Labute approximate surface area is 74.1 Å². The molecule has 0 aromatic carbocycles. The van der Waals surface area contributed by atoms with E-state index in [0.29, 0.717) is 12.8 Å². The lowest BCUT2D eigenvalue weighted by Gasteiger charge is -2.08. The Balaban J connectivity index is 4.34. The molecule has 0 fully saturated rings. The Bertz CT molecular complexity index is 241. The molecule has 0 amide bonds. The minimum atomic E-state index is -3.17. The molecule has 0 radical (unpaired) electrons. The Morgan fingerprint density at radius 3 is 2.17 bits per heavy atom. The minimum absolute atomic E-state index is 0.199. The number of carbonyl (C=O) groups is 1. The molecule has 0 aliphatic rings. The van der Waals surface area contributed by atoms with Crippen molar-refractivity contribution in [3.63, 3.8) is 0 Å². The van der Waals surface area contributed by atoms with Gasteiger partial charge in [-0.25, -0.2) is 8.42 Å². The number of hydrogen-bond acceptors (Lipinski definition) is 3. The highest BCUT2D eigenvalue weighted by atomic mass is 32.2. The fourth-order valence-corrected chi connectivity index (χ4v) is 2.17. The van der Waals surface area contributed by atoms with Crippen molar-refractivity contribution in [3.8, 4) is 0 Å². The Morgan fingerprint density at radius 1 is 1.33 bits per heavy atom. The topological polar surface area (TPSA) is 51.2 Å². The number of hydrogen-bond donors (Lipinski definition) is 0. The van der Waals surface area contributed by atoms with Gasteiger partial charge in [-0.05, 0) is 13.3 Å². The van der Waals surface area contributed by atoms with E-state index in [4.69, 9.17) is 0 Å². The average molecular weight is 192 g/mol. The molecule has 72 valence electrons. The fourth-order valence-electron chi connectivity index (χ4n) is 0.723. The van der Waals surface area contributed by atoms with Crippen molar-refractivity contribution in [3.05, 3.63) is 0 Å². The normalized spacial score (nSPS) is 14.2. The summed E-state index contributed by atoms with van der Waals surface area (Å²) in [6.07, 6.45) is 0.870. The van der Waals surface area contributed by atoms with Crippen molar-refractivity contribution in [1.82, 2.24) is 0 Å². The average Bonchev–Trinajstić information content (AvgIpc) is 2.02. The van der Waals surface area contributed by atoms with Gasteiger partial charge in [0.15, 0.2) is 9.84 Å². The molecule has 0 aliphatic carbocycles. The summed E-state index contributed by atoms with van der Waals surface area (Å²) >= 11 is 0. The van der Waals surface area contributed by atoms with E-state index in [2.05, 4.69) is 0 Å². The molecule has 0 rings (SSSR count). The van der Waals surface area contributed by atoms with Gasteiger partial charge in [0.1, 0.15) is 11.5 Å². The molecule has 0 N–H and O–H groups in total. The third kappa shape index (κ3) is 3.34. The molecule has 0 saturated heterocycles. The molecular weight excluding hydrogens is 176 g/mol. The molecule has 12 heavy (non-hydrogen) atoms. The van der Waals surface area contributed by atoms with Gasteiger partial charge in [-0.15, -0.1) is 0 Å². The Kier molecular flexibility index (Phi) is 4.45. The third-order valence-electron chi connectivity index (χ3n) is 1.94. The summed E-state index contributed by atoms with van der Waals surface area (Å²) < 4.78 is 22.6. The first kappa shape index (κ1) is 11.6. The van der Waals surface area contributed by atoms with Gasteiger partial charge in [-0.1, -0.05) is 13.8 Å². The fraction of sp³-hybridized carbons (Fsp3) is 0.875. The van der Waals surface area contributed by atoms with E-state index in [0.717, 1.165) is 0 Å². The lowest BCUT2D eigenvalue weighted by molar-refractivity contribution is -0.116. The van der Waals surface area contributed by atoms with Crippen molar-refractivity contribution in [2.45, 2.75) is 38.9 Å². The van der Waals surface area contributed by atoms with Gasteiger partial charge in [0.2, 0.25) is 0 Å². The van der Waals surface area contributed by atoms with Gasteiger partial charge in [0, 0.05) is 6.42 Å². The van der Waals surface area contributed by atoms with Crippen LogP contribution in [0, 0.1) is 0 Å². The standard InChI is InChI=1S/C8H16O3S/c1-4-7(3)12(10,11)6-8(9)5-2/h7H,4-6H2,1-3H3. The monoisotopic (exact) mass is 192 g/mol. The van der Waals surface area contributed by atoms with Crippen LogP contribution in [-0.2, 0) is 14.6 Å².